The first-order valence-electron chi connectivity index (χ1n) is 8.64. The molecule has 0 fully saturated rings. The fourth-order valence-electron chi connectivity index (χ4n) is 2.40. The van der Waals surface area contributed by atoms with Crippen LogP contribution in [0.25, 0.3) is 0 Å². The molecule has 136 valence electrons. The van der Waals surface area contributed by atoms with Crippen molar-refractivity contribution in [2.45, 2.75) is 51.9 Å². The third-order valence-corrected chi connectivity index (χ3v) is 4.67. The van der Waals surface area contributed by atoms with E-state index in [-0.39, 0.29) is 0 Å². The van der Waals surface area contributed by atoms with E-state index in [1.807, 2.05) is 18.2 Å². The van der Waals surface area contributed by atoms with E-state index < -0.39 is 8.07 Å². The van der Waals surface area contributed by atoms with Gasteiger partial charge in [-0.05, 0) is 18.4 Å². The Balaban J connectivity index is 0.00000277. The molecule has 0 unspecified atom stereocenters. The van der Waals surface area contributed by atoms with Crippen molar-refractivity contribution in [1.82, 2.24) is 0 Å². The summed E-state index contributed by atoms with van der Waals surface area (Å²) >= 11 is 10.0. The zero-order valence-electron chi connectivity index (χ0n) is 15.9. The summed E-state index contributed by atoms with van der Waals surface area (Å²) < 4.78 is 5.79. The fraction of sp³-hybridized carbons (Fsp3) is 0.500. The van der Waals surface area contributed by atoms with Gasteiger partial charge in [0.1, 0.15) is 0 Å². The average molecular weight is 495 g/mol. The summed E-state index contributed by atoms with van der Waals surface area (Å²) in [6.07, 6.45) is 4.18. The zero-order chi connectivity index (χ0) is 19.1. The molecule has 0 N–H and O–H groups in total. The van der Waals surface area contributed by atoms with Gasteiger partial charge in [-0.1, -0.05) is 75.0 Å². The summed E-state index contributed by atoms with van der Waals surface area (Å²) in [7, 11) is -1.33. The van der Waals surface area contributed by atoms with Crippen molar-refractivity contribution in [3.05, 3.63) is 59.3 Å². The standard InChI is InChI=1S/C20H30ClOSi.BrH.Zn/c1-18(15-22-16-19-10-6-5-7-11-19)14-20(12-8-9-13-21)17-23(2,3)4;;/h5-7,10-11H,1,8-9,12-16H2,2-4H3;1H;/q-1;;+2/p-1. The monoisotopic (exact) mass is 492 g/mol. The predicted molar refractivity (Wildman–Crippen MR) is 113 cm³/mol. The molecule has 1 aromatic rings. The van der Waals surface area contributed by atoms with E-state index in [9.17, 15) is 0 Å². The van der Waals surface area contributed by atoms with Crippen molar-refractivity contribution < 1.29 is 21.1 Å². The predicted octanol–water partition coefficient (Wildman–Crippen LogP) is 7.01. The van der Waals surface area contributed by atoms with Gasteiger partial charge in [0.2, 0.25) is 0 Å². The second-order valence-electron chi connectivity index (χ2n) is 7.03. The second kappa shape index (κ2) is 15.3. The van der Waals surface area contributed by atoms with Crippen LogP contribution < -0.4 is 0 Å². The Morgan fingerprint density at radius 3 is 2.40 bits per heavy atom. The first kappa shape index (κ1) is 25.3. The third-order valence-electron chi connectivity index (χ3n) is 3.30. The molecule has 0 bridgehead atoms. The van der Waals surface area contributed by atoms with Crippen LogP contribution in [-0.4, -0.2) is 20.6 Å². The molecule has 0 aliphatic rings. The number of rotatable bonds is 11. The number of halogens is 2. The van der Waals surface area contributed by atoms with Gasteiger partial charge < -0.3 is 10.4 Å². The Hall–Kier alpha value is 0.270. The molecule has 0 saturated heterocycles. The Morgan fingerprint density at radius 1 is 1.20 bits per heavy atom. The maximum absolute atomic E-state index is 5.79. The molecule has 0 saturated carbocycles. The Labute approximate surface area is 177 Å². The number of alkyl halides is 1. The molecule has 0 aliphatic carbocycles. The number of hydrogen-bond donors (Lipinski definition) is 0. The molecule has 5 heteroatoms. The topological polar surface area (TPSA) is 9.23 Å². The number of hydrogen-bond acceptors (Lipinski definition) is 1. The Kier molecular flexibility index (Phi) is 15.5. The molecule has 0 radical (unpaired) electrons. The van der Waals surface area contributed by atoms with Crippen molar-refractivity contribution in [3.63, 3.8) is 0 Å². The molecule has 25 heavy (non-hydrogen) atoms. The van der Waals surface area contributed by atoms with Crippen LogP contribution in [-0.2, 0) is 27.7 Å². The van der Waals surface area contributed by atoms with Crippen LogP contribution in [0, 0.1) is 5.70 Å². The number of unbranched alkanes of at least 4 members (excludes halogenated alkanes) is 1. The molecule has 0 aromatic heterocycles. The summed E-state index contributed by atoms with van der Waals surface area (Å²) in [4.78, 5) is 0. The quantitative estimate of drug-likeness (QED) is 0.106. The maximum atomic E-state index is 5.79. The molecule has 0 heterocycles. The van der Waals surface area contributed by atoms with Crippen LogP contribution in [0.3, 0.4) is 0 Å². The average Bonchev–Trinajstić information content (AvgIpc) is 2.56. The molecular formula is C20H30BrClOSiZn. The fourth-order valence-corrected chi connectivity index (χ4v) is 3.86. The van der Waals surface area contributed by atoms with Crippen LogP contribution in [0.15, 0.2) is 48.1 Å². The summed E-state index contributed by atoms with van der Waals surface area (Å²) in [6, 6.07) is 10.3. The third kappa shape index (κ3) is 15.1. The van der Waals surface area contributed by atoms with Crippen LogP contribution in [0.5, 0.6) is 0 Å². The van der Waals surface area contributed by atoms with Gasteiger partial charge >= 0.3 is 30.0 Å². The van der Waals surface area contributed by atoms with Crippen molar-refractivity contribution in [2.24, 2.45) is 0 Å². The van der Waals surface area contributed by atoms with Crippen LogP contribution in [0.1, 0.15) is 31.2 Å². The minimum atomic E-state index is -1.33. The molecule has 0 spiro atoms. The SMILES string of the molecule is C=C(COCc1ccccc1)CC(=[C-][Si](C)(C)C)CCCCCl.[Zn+][Br]. The van der Waals surface area contributed by atoms with E-state index in [1.54, 1.807) is 0 Å². The second-order valence-corrected chi connectivity index (χ2v) is 12.2. The van der Waals surface area contributed by atoms with E-state index in [1.165, 1.54) is 27.5 Å². The van der Waals surface area contributed by atoms with Gasteiger partial charge in [0.15, 0.2) is 0 Å². The van der Waals surface area contributed by atoms with E-state index in [2.05, 4.69) is 57.7 Å². The molecule has 1 nitrogen and oxygen atoms in total. The van der Waals surface area contributed by atoms with Crippen molar-refractivity contribution in [2.75, 3.05) is 12.5 Å². The minimum absolute atomic E-state index is 0.612. The van der Waals surface area contributed by atoms with E-state index in [4.69, 9.17) is 16.3 Å². The van der Waals surface area contributed by atoms with Gasteiger partial charge in [0, 0.05) is 5.88 Å². The molecule has 0 amide bonds. The van der Waals surface area contributed by atoms with Crippen LogP contribution in [0.2, 0.25) is 19.6 Å². The summed E-state index contributed by atoms with van der Waals surface area (Å²) in [6.45, 7) is 12.4. The van der Waals surface area contributed by atoms with Crippen molar-refractivity contribution in [3.8, 4) is 0 Å². The van der Waals surface area contributed by atoms with Gasteiger partial charge in [-0.2, -0.15) is 0 Å². The first-order valence-corrected chi connectivity index (χ1v) is 19.6. The molecule has 0 atom stereocenters. The van der Waals surface area contributed by atoms with E-state index in [0.717, 1.165) is 37.1 Å². The van der Waals surface area contributed by atoms with Crippen LogP contribution >= 0.6 is 25.2 Å². The van der Waals surface area contributed by atoms with Crippen molar-refractivity contribution >= 4 is 33.3 Å². The summed E-state index contributed by atoms with van der Waals surface area (Å²) in [5, 5.41) is 0. The van der Waals surface area contributed by atoms with E-state index in [0.29, 0.717) is 13.2 Å². The van der Waals surface area contributed by atoms with Gasteiger partial charge in [0.05, 0.1) is 13.2 Å². The van der Waals surface area contributed by atoms with Gasteiger partial charge in [0.25, 0.3) is 0 Å². The van der Waals surface area contributed by atoms with Gasteiger partial charge in [-0.25, -0.2) is 0 Å². The molecule has 0 aliphatic heterocycles. The van der Waals surface area contributed by atoms with Crippen LogP contribution in [0.4, 0.5) is 0 Å². The first-order chi connectivity index (χ1) is 11.9. The zero-order valence-corrected chi connectivity index (χ0v) is 22.2. The summed E-state index contributed by atoms with van der Waals surface area (Å²) in [5.41, 5.74) is 7.47. The summed E-state index contributed by atoms with van der Waals surface area (Å²) in [5.74, 6) is 0.737. The molecule has 1 rings (SSSR count). The Bertz CT molecular complexity index is 500. The van der Waals surface area contributed by atoms with Gasteiger partial charge in [-0.3, -0.25) is 5.57 Å². The van der Waals surface area contributed by atoms with Crippen molar-refractivity contribution in [1.29, 1.82) is 0 Å². The number of allylic oxidation sites excluding steroid dienone is 1. The van der Waals surface area contributed by atoms with E-state index >= 15 is 0 Å². The normalized spacial score (nSPS) is 11.7. The number of ether oxygens (including phenoxy) is 1. The Morgan fingerprint density at radius 2 is 1.84 bits per heavy atom. The molecular weight excluding hydrogens is 465 g/mol. The molecule has 1 aromatic carbocycles. The number of benzene rings is 1. The van der Waals surface area contributed by atoms with Gasteiger partial charge in [-0.15, -0.1) is 19.7 Å².